The minimum atomic E-state index is -0.456. The molecular formula is C15H14FN3O2. The number of hydrogen-bond donors (Lipinski definition) is 0. The number of nitriles is 1. The zero-order valence-corrected chi connectivity index (χ0v) is 11.4. The molecule has 21 heavy (non-hydrogen) atoms. The van der Waals surface area contributed by atoms with E-state index >= 15 is 0 Å². The van der Waals surface area contributed by atoms with Crippen LogP contribution in [0.4, 0.5) is 4.39 Å². The van der Waals surface area contributed by atoms with Crippen LogP contribution in [-0.4, -0.2) is 40.7 Å². The Labute approximate surface area is 121 Å². The van der Waals surface area contributed by atoms with E-state index in [4.69, 9.17) is 5.26 Å². The molecule has 0 aliphatic carbocycles. The monoisotopic (exact) mass is 287 g/mol. The molecule has 1 aromatic carbocycles. The molecule has 5 nitrogen and oxygen atoms in total. The first kappa shape index (κ1) is 13.6. The minimum absolute atomic E-state index is 0.00326. The highest BCUT2D eigenvalue weighted by Gasteiger charge is 2.41. The second-order valence-electron chi connectivity index (χ2n) is 5.35. The van der Waals surface area contributed by atoms with Gasteiger partial charge in [-0.15, -0.1) is 0 Å². The predicted octanol–water partition coefficient (Wildman–Crippen LogP) is 1.03. The number of halogens is 1. The first-order valence-electron chi connectivity index (χ1n) is 6.87. The smallest absolute Gasteiger partial charge is 0.246 e. The second-order valence-corrected chi connectivity index (χ2v) is 5.35. The molecule has 108 valence electrons. The van der Waals surface area contributed by atoms with E-state index in [-0.39, 0.29) is 30.9 Å². The van der Waals surface area contributed by atoms with Gasteiger partial charge in [-0.25, -0.2) is 4.39 Å². The molecule has 0 aromatic heterocycles. The summed E-state index contributed by atoms with van der Waals surface area (Å²) in [6, 6.07) is 5.45. The molecule has 1 unspecified atom stereocenters. The van der Waals surface area contributed by atoms with Gasteiger partial charge in [-0.05, 0) is 36.6 Å². The van der Waals surface area contributed by atoms with Gasteiger partial charge in [0.25, 0.3) is 0 Å². The largest absolute Gasteiger partial charge is 0.329 e. The van der Waals surface area contributed by atoms with Crippen molar-refractivity contribution >= 4 is 11.8 Å². The maximum absolute atomic E-state index is 13.3. The minimum Gasteiger partial charge on any atom is -0.329 e. The molecule has 2 fully saturated rings. The fourth-order valence-corrected chi connectivity index (χ4v) is 3.01. The third-order valence-electron chi connectivity index (χ3n) is 4.04. The van der Waals surface area contributed by atoms with Crippen LogP contribution in [0.2, 0.25) is 0 Å². The van der Waals surface area contributed by atoms with Crippen molar-refractivity contribution in [3.8, 4) is 6.07 Å². The van der Waals surface area contributed by atoms with Crippen molar-refractivity contribution in [3.05, 3.63) is 35.1 Å². The molecule has 1 atom stereocenters. The van der Waals surface area contributed by atoms with E-state index in [1.54, 1.807) is 4.90 Å². The van der Waals surface area contributed by atoms with E-state index in [1.807, 2.05) is 6.07 Å². The fourth-order valence-electron chi connectivity index (χ4n) is 3.01. The van der Waals surface area contributed by atoms with Crippen molar-refractivity contribution in [2.75, 3.05) is 13.1 Å². The van der Waals surface area contributed by atoms with Gasteiger partial charge in [-0.2, -0.15) is 5.26 Å². The van der Waals surface area contributed by atoms with E-state index in [2.05, 4.69) is 0 Å². The maximum Gasteiger partial charge on any atom is 0.246 e. The Kier molecular flexibility index (Phi) is 3.34. The number of amides is 2. The zero-order valence-electron chi connectivity index (χ0n) is 11.4. The lowest BCUT2D eigenvalue weighted by atomic mass is 10.1. The number of fused-ring (bicyclic) bond motifs is 1. The van der Waals surface area contributed by atoms with Crippen LogP contribution in [-0.2, 0) is 16.1 Å². The number of nitrogens with zero attached hydrogens (tertiary/aromatic N) is 3. The molecule has 0 radical (unpaired) electrons. The van der Waals surface area contributed by atoms with E-state index in [0.29, 0.717) is 24.1 Å². The maximum atomic E-state index is 13.3. The summed E-state index contributed by atoms with van der Waals surface area (Å²) < 4.78 is 13.3. The fraction of sp³-hybridized carbons (Fsp3) is 0.400. The normalized spacial score (nSPS) is 21.4. The Hall–Kier alpha value is -2.42. The van der Waals surface area contributed by atoms with Crippen molar-refractivity contribution in [3.63, 3.8) is 0 Å². The van der Waals surface area contributed by atoms with Gasteiger partial charge < -0.3 is 9.80 Å². The Bertz CT molecular complexity index is 653. The number of carbonyl (C=O) groups excluding carboxylic acids is 2. The molecule has 2 aliphatic heterocycles. The van der Waals surface area contributed by atoms with Crippen LogP contribution in [0.3, 0.4) is 0 Å². The quantitative estimate of drug-likeness (QED) is 0.816. The molecule has 6 heteroatoms. The number of hydrogen-bond acceptors (Lipinski definition) is 3. The van der Waals surface area contributed by atoms with E-state index in [1.165, 1.54) is 23.1 Å². The molecule has 1 aromatic rings. The number of benzene rings is 1. The summed E-state index contributed by atoms with van der Waals surface area (Å²) in [4.78, 5) is 27.5. The lowest BCUT2D eigenvalue weighted by Gasteiger charge is -2.36. The molecule has 3 rings (SSSR count). The van der Waals surface area contributed by atoms with E-state index < -0.39 is 5.82 Å². The van der Waals surface area contributed by atoms with Gasteiger partial charge >= 0.3 is 0 Å². The molecule has 0 N–H and O–H groups in total. The first-order chi connectivity index (χ1) is 10.1. The Balaban J connectivity index is 1.85. The lowest BCUT2D eigenvalue weighted by molar-refractivity contribution is -0.154. The SMILES string of the molecule is N#Cc1ccc(F)cc1CN1CC(=O)N2CCCC2C1=O. The summed E-state index contributed by atoms with van der Waals surface area (Å²) in [5.41, 5.74) is 0.760. The number of piperazine rings is 1. The highest BCUT2D eigenvalue weighted by molar-refractivity contribution is 5.95. The molecule has 2 heterocycles. The molecular weight excluding hydrogens is 273 g/mol. The average Bonchev–Trinajstić information content (AvgIpc) is 2.95. The van der Waals surface area contributed by atoms with Gasteiger partial charge in [0.05, 0.1) is 11.6 Å². The summed E-state index contributed by atoms with van der Waals surface area (Å²) in [5.74, 6) is -0.644. The van der Waals surface area contributed by atoms with Crippen LogP contribution in [0.25, 0.3) is 0 Å². The summed E-state index contributed by atoms with van der Waals surface area (Å²) in [6.45, 7) is 0.721. The van der Waals surface area contributed by atoms with Crippen LogP contribution < -0.4 is 0 Å². The second kappa shape index (κ2) is 5.17. The van der Waals surface area contributed by atoms with Crippen molar-refractivity contribution in [2.24, 2.45) is 0 Å². The van der Waals surface area contributed by atoms with Crippen molar-refractivity contribution in [2.45, 2.75) is 25.4 Å². The Morgan fingerprint density at radius 1 is 1.38 bits per heavy atom. The summed E-state index contributed by atoms with van der Waals surface area (Å²) in [5, 5.41) is 9.06. The topological polar surface area (TPSA) is 64.4 Å². The summed E-state index contributed by atoms with van der Waals surface area (Å²) >= 11 is 0. The van der Waals surface area contributed by atoms with Crippen LogP contribution in [0, 0.1) is 17.1 Å². The summed E-state index contributed by atoms with van der Waals surface area (Å²) in [7, 11) is 0. The van der Waals surface area contributed by atoms with E-state index in [0.717, 1.165) is 6.42 Å². The van der Waals surface area contributed by atoms with Gasteiger partial charge in [-0.1, -0.05) is 0 Å². The van der Waals surface area contributed by atoms with Gasteiger partial charge in [0.2, 0.25) is 11.8 Å². The molecule has 0 saturated carbocycles. The third-order valence-corrected chi connectivity index (χ3v) is 4.04. The zero-order chi connectivity index (χ0) is 15.0. The van der Waals surface area contributed by atoms with Crippen LogP contribution >= 0.6 is 0 Å². The van der Waals surface area contributed by atoms with Crippen molar-refractivity contribution in [1.29, 1.82) is 5.26 Å². The molecule has 0 bridgehead atoms. The van der Waals surface area contributed by atoms with Gasteiger partial charge in [0, 0.05) is 13.1 Å². The van der Waals surface area contributed by atoms with Crippen molar-refractivity contribution in [1.82, 2.24) is 9.80 Å². The van der Waals surface area contributed by atoms with Crippen LogP contribution in [0.5, 0.6) is 0 Å². The van der Waals surface area contributed by atoms with E-state index in [9.17, 15) is 14.0 Å². The number of rotatable bonds is 2. The highest BCUT2D eigenvalue weighted by Crippen LogP contribution is 2.25. The Morgan fingerprint density at radius 2 is 2.19 bits per heavy atom. The van der Waals surface area contributed by atoms with Crippen LogP contribution in [0.1, 0.15) is 24.0 Å². The molecule has 2 aliphatic rings. The van der Waals surface area contributed by atoms with Crippen LogP contribution in [0.15, 0.2) is 18.2 Å². The molecule has 0 spiro atoms. The van der Waals surface area contributed by atoms with Crippen molar-refractivity contribution < 1.29 is 14.0 Å². The highest BCUT2D eigenvalue weighted by atomic mass is 19.1. The van der Waals surface area contributed by atoms with Gasteiger partial charge in [0.1, 0.15) is 18.4 Å². The third kappa shape index (κ3) is 2.35. The summed E-state index contributed by atoms with van der Waals surface area (Å²) in [6.07, 6.45) is 1.51. The van der Waals surface area contributed by atoms with Gasteiger partial charge in [0.15, 0.2) is 0 Å². The van der Waals surface area contributed by atoms with Gasteiger partial charge in [-0.3, -0.25) is 9.59 Å². The molecule has 2 amide bonds. The molecule has 2 saturated heterocycles. The number of carbonyl (C=O) groups is 2. The lowest BCUT2D eigenvalue weighted by Crippen LogP contribution is -2.56. The average molecular weight is 287 g/mol. The standard InChI is InChI=1S/C15H14FN3O2/c16-12-4-3-10(7-17)11(6-12)8-18-9-14(20)19-5-1-2-13(19)15(18)21/h3-4,6,13H,1-2,5,8-9H2. The predicted molar refractivity (Wildman–Crippen MR) is 71.3 cm³/mol. The Morgan fingerprint density at radius 3 is 2.95 bits per heavy atom. The first-order valence-corrected chi connectivity index (χ1v) is 6.87.